The van der Waals surface area contributed by atoms with E-state index in [9.17, 15) is 8.42 Å². The van der Waals surface area contributed by atoms with Crippen molar-refractivity contribution >= 4 is 26.0 Å². The molecular weight excluding hydrogens is 336 g/mol. The highest BCUT2D eigenvalue weighted by Gasteiger charge is 2.22. The number of furan rings is 1. The molecule has 1 rings (SSSR count). The highest BCUT2D eigenvalue weighted by molar-refractivity contribution is 9.10. The van der Waals surface area contributed by atoms with Crippen LogP contribution in [0.15, 0.2) is 20.0 Å². The smallest absolute Gasteiger partial charge is 0.244 e. The van der Waals surface area contributed by atoms with Gasteiger partial charge in [-0.3, -0.25) is 0 Å². The number of hydrogen-bond donors (Lipinski definition) is 2. The summed E-state index contributed by atoms with van der Waals surface area (Å²) in [5.41, 5.74) is 0. The van der Waals surface area contributed by atoms with Gasteiger partial charge in [-0.1, -0.05) is 6.92 Å². The summed E-state index contributed by atoms with van der Waals surface area (Å²) >= 11 is 3.12. The quantitative estimate of drug-likeness (QED) is 0.735. The van der Waals surface area contributed by atoms with E-state index >= 15 is 0 Å². The predicted octanol–water partition coefficient (Wildman–Crippen LogP) is 1.32. The molecule has 0 aromatic carbocycles. The van der Waals surface area contributed by atoms with Gasteiger partial charge >= 0.3 is 0 Å². The number of methoxy groups -OCH3 is 1. The summed E-state index contributed by atoms with van der Waals surface area (Å²) in [6.45, 7) is 3.19. The molecule has 2 N–H and O–H groups in total. The largest absolute Gasteiger partial charge is 0.452 e. The number of rotatable bonds is 8. The lowest BCUT2D eigenvalue weighted by molar-refractivity contribution is 0.161. The van der Waals surface area contributed by atoms with Gasteiger partial charge in [0.2, 0.25) is 10.0 Å². The van der Waals surface area contributed by atoms with Gasteiger partial charge in [0.1, 0.15) is 10.7 Å². The summed E-state index contributed by atoms with van der Waals surface area (Å²) in [5.74, 6) is 0.655. The summed E-state index contributed by atoms with van der Waals surface area (Å²) < 4.78 is 37.3. The Morgan fingerprint density at radius 3 is 2.79 bits per heavy atom. The Kier molecular flexibility index (Phi) is 6.48. The van der Waals surface area contributed by atoms with E-state index in [4.69, 9.17) is 9.15 Å². The van der Waals surface area contributed by atoms with Crippen LogP contribution < -0.4 is 10.0 Å². The fourth-order valence-electron chi connectivity index (χ4n) is 1.52. The molecule has 1 heterocycles. The van der Waals surface area contributed by atoms with Crippen LogP contribution in [0, 0.1) is 5.92 Å². The van der Waals surface area contributed by atoms with Gasteiger partial charge in [0.05, 0.1) is 6.54 Å². The summed E-state index contributed by atoms with van der Waals surface area (Å²) in [4.78, 5) is 0.113. The first-order valence-electron chi connectivity index (χ1n) is 5.82. The molecule has 0 spiro atoms. The summed E-state index contributed by atoms with van der Waals surface area (Å²) in [6, 6.07) is 1.50. The molecule has 6 nitrogen and oxygen atoms in total. The van der Waals surface area contributed by atoms with Gasteiger partial charge in [0.25, 0.3) is 0 Å². The van der Waals surface area contributed by atoms with Crippen molar-refractivity contribution in [3.05, 3.63) is 16.5 Å². The van der Waals surface area contributed by atoms with E-state index in [0.29, 0.717) is 25.5 Å². The maximum absolute atomic E-state index is 12.1. The normalized spacial score (nSPS) is 13.7. The first-order valence-corrected chi connectivity index (χ1v) is 8.09. The van der Waals surface area contributed by atoms with E-state index in [1.807, 2.05) is 6.92 Å². The second kappa shape index (κ2) is 7.39. The first kappa shape index (κ1) is 16.6. The molecule has 0 saturated carbocycles. The SMILES string of the molecule is CNCc1cc(S(=O)(=O)NCC(C)COC)c(Br)o1. The Morgan fingerprint density at radius 1 is 1.53 bits per heavy atom. The Labute approximate surface area is 122 Å². The molecule has 0 bridgehead atoms. The van der Waals surface area contributed by atoms with E-state index in [1.165, 1.54) is 6.07 Å². The van der Waals surface area contributed by atoms with E-state index < -0.39 is 10.0 Å². The van der Waals surface area contributed by atoms with Crippen LogP contribution in [0.5, 0.6) is 0 Å². The average molecular weight is 355 g/mol. The maximum atomic E-state index is 12.1. The minimum Gasteiger partial charge on any atom is -0.452 e. The molecular formula is C11H19BrN2O4S. The van der Waals surface area contributed by atoms with Gasteiger partial charge in [-0.15, -0.1) is 0 Å². The molecule has 0 amide bonds. The lowest BCUT2D eigenvalue weighted by Gasteiger charge is -2.11. The lowest BCUT2D eigenvalue weighted by atomic mass is 10.2. The summed E-state index contributed by atoms with van der Waals surface area (Å²) in [5, 5.41) is 2.90. The van der Waals surface area contributed by atoms with Crippen molar-refractivity contribution in [3.63, 3.8) is 0 Å². The van der Waals surface area contributed by atoms with Crippen molar-refractivity contribution < 1.29 is 17.6 Å². The maximum Gasteiger partial charge on any atom is 0.244 e. The van der Waals surface area contributed by atoms with Gasteiger partial charge < -0.3 is 14.5 Å². The predicted molar refractivity (Wildman–Crippen MR) is 75.4 cm³/mol. The highest BCUT2D eigenvalue weighted by Crippen LogP contribution is 2.26. The van der Waals surface area contributed by atoms with Crippen LogP contribution in [-0.2, 0) is 21.3 Å². The number of sulfonamides is 1. The van der Waals surface area contributed by atoms with E-state index in [-0.39, 0.29) is 15.5 Å². The van der Waals surface area contributed by atoms with E-state index in [1.54, 1.807) is 14.2 Å². The van der Waals surface area contributed by atoms with Crippen LogP contribution in [0.2, 0.25) is 0 Å². The van der Waals surface area contributed by atoms with Crippen molar-refractivity contribution in [1.82, 2.24) is 10.0 Å². The van der Waals surface area contributed by atoms with Crippen LogP contribution >= 0.6 is 15.9 Å². The van der Waals surface area contributed by atoms with Gasteiger partial charge in [0, 0.05) is 26.3 Å². The fraction of sp³-hybridized carbons (Fsp3) is 0.636. The van der Waals surface area contributed by atoms with Crippen molar-refractivity contribution in [1.29, 1.82) is 0 Å². The summed E-state index contributed by atoms with van der Waals surface area (Å²) in [6.07, 6.45) is 0. The lowest BCUT2D eigenvalue weighted by Crippen LogP contribution is -2.30. The van der Waals surface area contributed by atoms with Crippen LogP contribution in [0.4, 0.5) is 0 Å². The molecule has 1 aromatic rings. The molecule has 8 heteroatoms. The number of halogens is 1. The van der Waals surface area contributed by atoms with Crippen LogP contribution in [0.25, 0.3) is 0 Å². The minimum atomic E-state index is -3.58. The molecule has 0 radical (unpaired) electrons. The second-order valence-corrected chi connectivity index (χ2v) is 6.75. The van der Waals surface area contributed by atoms with Gasteiger partial charge in [-0.2, -0.15) is 0 Å². The van der Waals surface area contributed by atoms with E-state index in [0.717, 1.165) is 0 Å². The molecule has 19 heavy (non-hydrogen) atoms. The zero-order valence-corrected chi connectivity index (χ0v) is 13.6. The molecule has 1 atom stereocenters. The zero-order valence-electron chi connectivity index (χ0n) is 11.2. The summed E-state index contributed by atoms with van der Waals surface area (Å²) in [7, 11) is -0.232. The van der Waals surface area contributed by atoms with Crippen molar-refractivity contribution in [3.8, 4) is 0 Å². The first-order chi connectivity index (χ1) is 8.90. The van der Waals surface area contributed by atoms with Gasteiger partial charge in [-0.25, -0.2) is 13.1 Å². The topological polar surface area (TPSA) is 80.6 Å². The molecule has 1 aromatic heterocycles. The van der Waals surface area contributed by atoms with Crippen LogP contribution in [0.3, 0.4) is 0 Å². The number of hydrogen-bond acceptors (Lipinski definition) is 5. The molecule has 1 unspecified atom stereocenters. The highest BCUT2D eigenvalue weighted by atomic mass is 79.9. The monoisotopic (exact) mass is 354 g/mol. The Bertz CT molecular complexity index is 501. The Balaban J connectivity index is 2.76. The number of nitrogens with one attached hydrogen (secondary N) is 2. The van der Waals surface area contributed by atoms with Crippen LogP contribution in [0.1, 0.15) is 12.7 Å². The standard InChI is InChI=1S/C11H19BrN2O4S/c1-8(7-17-3)5-14-19(15,16)10-4-9(6-13-2)18-11(10)12/h4,8,13-14H,5-7H2,1-3H3. The van der Waals surface area contributed by atoms with Crippen molar-refractivity contribution in [2.75, 3.05) is 27.3 Å². The molecule has 110 valence electrons. The molecule has 0 saturated heterocycles. The third-order valence-corrected chi connectivity index (χ3v) is 4.70. The average Bonchev–Trinajstić information content (AvgIpc) is 2.70. The Morgan fingerprint density at radius 2 is 2.21 bits per heavy atom. The van der Waals surface area contributed by atoms with Crippen molar-refractivity contribution in [2.24, 2.45) is 5.92 Å². The fourth-order valence-corrected chi connectivity index (χ4v) is 3.68. The Hall–Kier alpha value is -0.410. The minimum absolute atomic E-state index is 0.0993. The molecule has 0 aliphatic heterocycles. The third-order valence-electron chi connectivity index (χ3n) is 2.42. The molecule has 0 aliphatic carbocycles. The van der Waals surface area contributed by atoms with E-state index in [2.05, 4.69) is 26.0 Å². The third kappa shape index (κ3) is 4.88. The van der Waals surface area contributed by atoms with Gasteiger partial charge in [-0.05, 0) is 28.9 Å². The van der Waals surface area contributed by atoms with Crippen LogP contribution in [-0.4, -0.2) is 35.7 Å². The van der Waals surface area contributed by atoms with Crippen molar-refractivity contribution in [2.45, 2.75) is 18.4 Å². The molecule has 0 fully saturated rings. The second-order valence-electron chi connectivity index (χ2n) is 4.29. The zero-order chi connectivity index (χ0) is 14.5. The molecule has 0 aliphatic rings. The number of ether oxygens (including phenoxy) is 1. The van der Waals surface area contributed by atoms with Gasteiger partial charge in [0.15, 0.2) is 4.67 Å².